The van der Waals surface area contributed by atoms with Crippen LogP contribution in [0, 0.1) is 0 Å². The van der Waals surface area contributed by atoms with Crippen molar-refractivity contribution in [2.45, 2.75) is 0 Å². The second-order valence-corrected chi connectivity index (χ2v) is 3.73. The summed E-state index contributed by atoms with van der Waals surface area (Å²) in [7, 11) is 0. The molecule has 1 N–H and O–H groups in total. The van der Waals surface area contributed by atoms with Crippen LogP contribution in [-0.2, 0) is 4.79 Å². The lowest BCUT2D eigenvalue weighted by molar-refractivity contribution is -0.118. The van der Waals surface area contributed by atoms with Crippen LogP contribution in [0.5, 0.6) is 5.75 Å². The molecule has 0 fully saturated rings. The van der Waals surface area contributed by atoms with Gasteiger partial charge in [-0.15, -0.1) is 0 Å². The summed E-state index contributed by atoms with van der Waals surface area (Å²) in [5, 5.41) is 3.55. The number of alkyl halides is 1. The predicted octanol–water partition coefficient (Wildman–Crippen LogP) is 2.23. The number of carbonyl (C=O) groups excluding carboxylic acids is 1. The molecule has 1 aromatic rings. The third-order valence-corrected chi connectivity index (χ3v) is 2.46. The molecule has 1 aromatic carbocycles. The van der Waals surface area contributed by atoms with Gasteiger partial charge in [0.2, 0.25) is 5.91 Å². The van der Waals surface area contributed by atoms with E-state index in [2.05, 4.69) is 21.2 Å². The Morgan fingerprint density at radius 2 is 2.20 bits per heavy atom. The van der Waals surface area contributed by atoms with Gasteiger partial charge in [0.1, 0.15) is 12.4 Å². The minimum Gasteiger partial charge on any atom is -0.490 e. The zero-order valence-electron chi connectivity index (χ0n) is 8.00. The Bertz CT molecular complexity index is 333. The van der Waals surface area contributed by atoms with E-state index in [0.29, 0.717) is 29.3 Å². The molecule has 0 saturated carbocycles. The molecule has 0 aliphatic heterocycles. The summed E-state index contributed by atoms with van der Waals surface area (Å²) >= 11 is 8.92. The zero-order chi connectivity index (χ0) is 11.1. The number of halogens is 2. The Morgan fingerprint density at radius 1 is 1.47 bits per heavy atom. The first-order valence-electron chi connectivity index (χ1n) is 4.44. The molecule has 0 atom stereocenters. The van der Waals surface area contributed by atoms with E-state index in [4.69, 9.17) is 16.3 Å². The van der Waals surface area contributed by atoms with Crippen molar-refractivity contribution in [1.82, 2.24) is 5.32 Å². The third kappa shape index (κ3) is 4.53. The maximum absolute atomic E-state index is 10.9. The molecule has 0 radical (unpaired) electrons. The molecule has 5 heteroatoms. The largest absolute Gasteiger partial charge is 0.490 e. The fourth-order valence-corrected chi connectivity index (χ4v) is 1.35. The summed E-state index contributed by atoms with van der Waals surface area (Å²) in [6.45, 7) is 0.873. The van der Waals surface area contributed by atoms with Crippen LogP contribution in [0.4, 0.5) is 0 Å². The molecule has 0 bridgehead atoms. The minimum absolute atomic E-state index is 0.0576. The zero-order valence-corrected chi connectivity index (χ0v) is 10.3. The lowest BCUT2D eigenvalue weighted by Crippen LogP contribution is -2.28. The molecule has 82 valence electrons. The molecular weight excluding hydrogens is 281 g/mol. The van der Waals surface area contributed by atoms with Crippen molar-refractivity contribution in [3.05, 3.63) is 29.3 Å². The first-order chi connectivity index (χ1) is 7.24. The van der Waals surface area contributed by atoms with Crippen molar-refractivity contribution in [1.29, 1.82) is 0 Å². The van der Waals surface area contributed by atoms with Crippen LogP contribution in [-0.4, -0.2) is 24.4 Å². The van der Waals surface area contributed by atoms with Gasteiger partial charge in [-0.05, 0) is 12.1 Å². The molecule has 0 unspecified atom stereocenters. The molecular formula is C10H11BrClNO2. The molecule has 1 rings (SSSR count). The second kappa shape index (κ2) is 6.69. The molecule has 0 spiro atoms. The van der Waals surface area contributed by atoms with Gasteiger partial charge in [0, 0.05) is 0 Å². The van der Waals surface area contributed by atoms with Gasteiger partial charge in [-0.2, -0.15) is 0 Å². The molecule has 0 heterocycles. The van der Waals surface area contributed by atoms with Crippen LogP contribution in [0.1, 0.15) is 0 Å². The summed E-state index contributed by atoms with van der Waals surface area (Å²) in [4.78, 5) is 10.9. The number of para-hydroxylation sites is 1. The number of benzene rings is 1. The number of hydrogen-bond donors (Lipinski definition) is 1. The smallest absolute Gasteiger partial charge is 0.230 e. The van der Waals surface area contributed by atoms with E-state index in [-0.39, 0.29) is 5.91 Å². The molecule has 0 aliphatic rings. The van der Waals surface area contributed by atoms with E-state index in [1.807, 2.05) is 12.1 Å². The number of amides is 1. The number of ether oxygens (including phenoxy) is 1. The Morgan fingerprint density at radius 3 is 2.87 bits per heavy atom. The maximum atomic E-state index is 10.9. The van der Waals surface area contributed by atoms with Gasteiger partial charge in [0.15, 0.2) is 0 Å². The number of nitrogens with one attached hydrogen (secondary N) is 1. The van der Waals surface area contributed by atoms with Gasteiger partial charge in [-0.1, -0.05) is 39.7 Å². The highest BCUT2D eigenvalue weighted by Gasteiger charge is 2.00. The maximum Gasteiger partial charge on any atom is 0.230 e. The highest BCUT2D eigenvalue weighted by molar-refractivity contribution is 9.09. The molecule has 0 aromatic heterocycles. The molecule has 15 heavy (non-hydrogen) atoms. The monoisotopic (exact) mass is 291 g/mol. The van der Waals surface area contributed by atoms with E-state index in [1.165, 1.54) is 0 Å². The Labute approximate surface area is 102 Å². The Kier molecular flexibility index (Phi) is 5.50. The molecule has 0 saturated heterocycles. The van der Waals surface area contributed by atoms with Crippen LogP contribution in [0.15, 0.2) is 24.3 Å². The predicted molar refractivity (Wildman–Crippen MR) is 63.8 cm³/mol. The fraction of sp³-hybridized carbons (Fsp3) is 0.300. The van der Waals surface area contributed by atoms with Gasteiger partial charge < -0.3 is 10.1 Å². The third-order valence-electron chi connectivity index (χ3n) is 1.64. The van der Waals surface area contributed by atoms with Crippen molar-refractivity contribution in [3.63, 3.8) is 0 Å². The van der Waals surface area contributed by atoms with Crippen LogP contribution in [0.3, 0.4) is 0 Å². The Balaban J connectivity index is 2.26. The summed E-state index contributed by atoms with van der Waals surface area (Å²) in [6.07, 6.45) is 0. The van der Waals surface area contributed by atoms with Crippen molar-refractivity contribution < 1.29 is 9.53 Å². The standard InChI is InChI=1S/C10H11BrClNO2/c11-7-10(14)13-5-6-15-9-4-2-1-3-8(9)12/h1-4H,5-7H2,(H,13,14). The first kappa shape index (κ1) is 12.3. The molecule has 1 amide bonds. The van der Waals surface area contributed by atoms with Crippen LogP contribution in [0.25, 0.3) is 0 Å². The van der Waals surface area contributed by atoms with Crippen LogP contribution in [0.2, 0.25) is 5.02 Å². The van der Waals surface area contributed by atoms with E-state index in [0.717, 1.165) is 0 Å². The average Bonchev–Trinajstić information content (AvgIpc) is 2.26. The van der Waals surface area contributed by atoms with Gasteiger partial charge >= 0.3 is 0 Å². The highest BCUT2D eigenvalue weighted by atomic mass is 79.9. The summed E-state index contributed by atoms with van der Waals surface area (Å²) in [5.41, 5.74) is 0. The average molecular weight is 293 g/mol. The summed E-state index contributed by atoms with van der Waals surface area (Å²) in [6, 6.07) is 7.22. The lowest BCUT2D eigenvalue weighted by Gasteiger charge is -2.07. The SMILES string of the molecule is O=C(CBr)NCCOc1ccccc1Cl. The fourth-order valence-electron chi connectivity index (χ4n) is 0.960. The van der Waals surface area contributed by atoms with Crippen LogP contribution < -0.4 is 10.1 Å². The van der Waals surface area contributed by atoms with Gasteiger partial charge in [0.25, 0.3) is 0 Å². The van der Waals surface area contributed by atoms with E-state index < -0.39 is 0 Å². The van der Waals surface area contributed by atoms with Gasteiger partial charge in [-0.3, -0.25) is 4.79 Å². The normalized spacial score (nSPS) is 9.73. The van der Waals surface area contributed by atoms with Crippen molar-refractivity contribution in [3.8, 4) is 5.75 Å². The highest BCUT2D eigenvalue weighted by Crippen LogP contribution is 2.22. The lowest BCUT2D eigenvalue weighted by atomic mass is 10.3. The van der Waals surface area contributed by atoms with Crippen molar-refractivity contribution in [2.75, 3.05) is 18.5 Å². The van der Waals surface area contributed by atoms with E-state index in [1.54, 1.807) is 12.1 Å². The quantitative estimate of drug-likeness (QED) is 0.667. The minimum atomic E-state index is -0.0576. The van der Waals surface area contributed by atoms with E-state index in [9.17, 15) is 4.79 Å². The van der Waals surface area contributed by atoms with Crippen molar-refractivity contribution in [2.24, 2.45) is 0 Å². The second-order valence-electron chi connectivity index (χ2n) is 2.76. The summed E-state index contributed by atoms with van der Waals surface area (Å²) in [5.74, 6) is 0.574. The van der Waals surface area contributed by atoms with Gasteiger partial charge in [0.05, 0.1) is 16.9 Å². The molecule has 3 nitrogen and oxygen atoms in total. The summed E-state index contributed by atoms with van der Waals surface area (Å²) < 4.78 is 5.37. The van der Waals surface area contributed by atoms with Crippen molar-refractivity contribution >= 4 is 33.4 Å². The van der Waals surface area contributed by atoms with E-state index >= 15 is 0 Å². The van der Waals surface area contributed by atoms with Gasteiger partial charge in [-0.25, -0.2) is 0 Å². The van der Waals surface area contributed by atoms with Crippen LogP contribution >= 0.6 is 27.5 Å². The topological polar surface area (TPSA) is 38.3 Å². The molecule has 0 aliphatic carbocycles. The number of carbonyl (C=O) groups is 1. The number of rotatable bonds is 5. The Hall–Kier alpha value is -0.740. The first-order valence-corrected chi connectivity index (χ1v) is 5.94. The number of hydrogen-bond acceptors (Lipinski definition) is 2.